The lowest BCUT2D eigenvalue weighted by atomic mass is 10.1. The minimum atomic E-state index is -0.0381. The normalized spacial score (nSPS) is 16.4. The third-order valence-corrected chi connectivity index (χ3v) is 3.71. The second kappa shape index (κ2) is 6.37. The summed E-state index contributed by atoms with van der Waals surface area (Å²) in [5.74, 6) is 0.623. The van der Waals surface area contributed by atoms with Gasteiger partial charge < -0.3 is 11.1 Å². The Labute approximate surface area is 118 Å². The summed E-state index contributed by atoms with van der Waals surface area (Å²) >= 11 is 5.88. The van der Waals surface area contributed by atoms with Crippen LogP contribution in [-0.4, -0.2) is 37.0 Å². The molecule has 4 nitrogen and oxygen atoms in total. The minimum Gasteiger partial charge on any atom is -0.329 e. The van der Waals surface area contributed by atoms with Gasteiger partial charge in [0, 0.05) is 23.3 Å². The monoisotopic (exact) mass is 281 g/mol. The number of nitrogens with one attached hydrogen (secondary N) is 1. The Kier molecular flexibility index (Phi) is 4.80. The molecule has 2 rings (SSSR count). The minimum absolute atomic E-state index is 0.0381. The van der Waals surface area contributed by atoms with Gasteiger partial charge in [-0.15, -0.1) is 0 Å². The van der Waals surface area contributed by atoms with Crippen molar-refractivity contribution in [2.45, 2.75) is 18.9 Å². The summed E-state index contributed by atoms with van der Waals surface area (Å²) in [6, 6.07) is 7.46. The molecule has 104 valence electrons. The van der Waals surface area contributed by atoms with E-state index >= 15 is 0 Å². The van der Waals surface area contributed by atoms with Gasteiger partial charge in [-0.1, -0.05) is 17.7 Å². The first-order chi connectivity index (χ1) is 9.10. The molecule has 0 radical (unpaired) electrons. The van der Waals surface area contributed by atoms with Gasteiger partial charge in [-0.25, -0.2) is 0 Å². The molecule has 0 aliphatic heterocycles. The highest BCUT2D eigenvalue weighted by atomic mass is 35.5. The van der Waals surface area contributed by atoms with Crippen LogP contribution in [0.3, 0.4) is 0 Å². The van der Waals surface area contributed by atoms with Crippen molar-refractivity contribution in [3.05, 3.63) is 29.3 Å². The molecule has 1 unspecified atom stereocenters. The molecule has 0 bridgehead atoms. The van der Waals surface area contributed by atoms with Crippen molar-refractivity contribution in [2.75, 3.05) is 25.5 Å². The fourth-order valence-electron chi connectivity index (χ4n) is 2.32. The van der Waals surface area contributed by atoms with Gasteiger partial charge in [0.1, 0.15) is 0 Å². The van der Waals surface area contributed by atoms with E-state index in [4.69, 9.17) is 17.3 Å². The van der Waals surface area contributed by atoms with Gasteiger partial charge in [0.2, 0.25) is 5.91 Å². The zero-order valence-corrected chi connectivity index (χ0v) is 11.9. The van der Waals surface area contributed by atoms with Crippen LogP contribution in [0.2, 0.25) is 5.02 Å². The Morgan fingerprint density at radius 1 is 1.58 bits per heavy atom. The van der Waals surface area contributed by atoms with Gasteiger partial charge in [-0.3, -0.25) is 9.69 Å². The maximum absolute atomic E-state index is 12.0. The number of rotatable bonds is 6. The molecule has 1 aliphatic rings. The zero-order chi connectivity index (χ0) is 13.8. The van der Waals surface area contributed by atoms with E-state index in [0.29, 0.717) is 30.1 Å². The highest BCUT2D eigenvalue weighted by molar-refractivity contribution is 6.30. The Balaban J connectivity index is 1.86. The molecule has 1 aromatic carbocycles. The van der Waals surface area contributed by atoms with Crippen LogP contribution in [0.15, 0.2) is 24.3 Å². The average molecular weight is 282 g/mol. The second-order valence-corrected chi connectivity index (χ2v) is 5.55. The molecule has 3 N–H and O–H groups in total. The van der Waals surface area contributed by atoms with Crippen molar-refractivity contribution in [2.24, 2.45) is 11.7 Å². The smallest absolute Gasteiger partial charge is 0.238 e. The molecule has 0 heterocycles. The third kappa shape index (κ3) is 4.20. The molecule has 1 fully saturated rings. The number of likely N-dealkylation sites (N-methyl/N-ethyl adjacent to an activating group) is 1. The first kappa shape index (κ1) is 14.3. The molecule has 1 atom stereocenters. The summed E-state index contributed by atoms with van der Waals surface area (Å²) < 4.78 is 0. The average Bonchev–Trinajstić information content (AvgIpc) is 3.14. The molecule has 0 saturated heterocycles. The first-order valence-electron chi connectivity index (χ1n) is 6.56. The van der Waals surface area contributed by atoms with Crippen LogP contribution >= 0.6 is 11.6 Å². The van der Waals surface area contributed by atoms with Gasteiger partial charge in [0.05, 0.1) is 6.54 Å². The lowest BCUT2D eigenvalue weighted by Crippen LogP contribution is -2.43. The fraction of sp³-hybridized carbons (Fsp3) is 0.500. The molecular weight excluding hydrogens is 262 g/mol. The molecule has 1 aromatic rings. The summed E-state index contributed by atoms with van der Waals surface area (Å²) in [5.41, 5.74) is 6.50. The Morgan fingerprint density at radius 2 is 2.32 bits per heavy atom. The Hall–Kier alpha value is -1.10. The van der Waals surface area contributed by atoms with Crippen LogP contribution in [0.1, 0.15) is 12.8 Å². The summed E-state index contributed by atoms with van der Waals surface area (Å²) in [4.78, 5) is 14.0. The number of nitrogens with zero attached hydrogens (tertiary/aromatic N) is 1. The van der Waals surface area contributed by atoms with Crippen LogP contribution in [0.5, 0.6) is 0 Å². The van der Waals surface area contributed by atoms with Gasteiger partial charge in [0.15, 0.2) is 0 Å². The molecule has 1 saturated carbocycles. The lowest BCUT2D eigenvalue weighted by Gasteiger charge is -2.26. The van der Waals surface area contributed by atoms with Crippen LogP contribution in [0.25, 0.3) is 0 Å². The quantitative estimate of drug-likeness (QED) is 0.838. The van der Waals surface area contributed by atoms with Crippen LogP contribution in [0.4, 0.5) is 5.69 Å². The summed E-state index contributed by atoms with van der Waals surface area (Å²) in [5, 5.41) is 3.46. The number of carbonyl (C=O) groups excluding carboxylic acids is 1. The van der Waals surface area contributed by atoms with E-state index in [1.54, 1.807) is 12.1 Å². The topological polar surface area (TPSA) is 58.4 Å². The predicted octanol–water partition coefficient (Wildman–Crippen LogP) is 1.95. The number of halogens is 1. The number of benzene rings is 1. The van der Waals surface area contributed by atoms with Crippen molar-refractivity contribution in [1.29, 1.82) is 0 Å². The van der Waals surface area contributed by atoms with Crippen LogP contribution in [-0.2, 0) is 4.79 Å². The van der Waals surface area contributed by atoms with E-state index in [9.17, 15) is 4.79 Å². The van der Waals surface area contributed by atoms with Crippen LogP contribution < -0.4 is 11.1 Å². The van der Waals surface area contributed by atoms with Gasteiger partial charge in [0.25, 0.3) is 0 Å². The van der Waals surface area contributed by atoms with E-state index in [1.807, 2.05) is 24.1 Å². The van der Waals surface area contributed by atoms with Crippen molar-refractivity contribution in [3.63, 3.8) is 0 Å². The standard InChI is InChI=1S/C14H20ClN3O/c1-18(13(8-16)10-5-6-10)9-14(19)17-12-4-2-3-11(15)7-12/h2-4,7,10,13H,5-6,8-9,16H2,1H3,(H,17,19). The van der Waals surface area contributed by atoms with Gasteiger partial charge in [-0.05, 0) is 44.0 Å². The lowest BCUT2D eigenvalue weighted by molar-refractivity contribution is -0.117. The fourth-order valence-corrected chi connectivity index (χ4v) is 2.51. The van der Waals surface area contributed by atoms with Gasteiger partial charge >= 0.3 is 0 Å². The SMILES string of the molecule is CN(CC(=O)Nc1cccc(Cl)c1)C(CN)C1CC1. The third-order valence-electron chi connectivity index (χ3n) is 3.48. The predicted molar refractivity (Wildman–Crippen MR) is 78.3 cm³/mol. The van der Waals surface area contributed by atoms with Crippen molar-refractivity contribution < 1.29 is 4.79 Å². The number of amides is 1. The van der Waals surface area contributed by atoms with Crippen molar-refractivity contribution in [3.8, 4) is 0 Å². The Bertz CT molecular complexity index is 448. The van der Waals surface area contributed by atoms with E-state index in [2.05, 4.69) is 5.32 Å². The molecule has 1 amide bonds. The summed E-state index contributed by atoms with van der Waals surface area (Å²) in [6.45, 7) is 0.955. The van der Waals surface area contributed by atoms with E-state index < -0.39 is 0 Å². The summed E-state index contributed by atoms with van der Waals surface area (Å²) in [6.07, 6.45) is 2.45. The molecular formula is C14H20ClN3O. The second-order valence-electron chi connectivity index (χ2n) is 5.11. The maximum Gasteiger partial charge on any atom is 0.238 e. The molecule has 5 heteroatoms. The largest absolute Gasteiger partial charge is 0.329 e. The number of hydrogen-bond acceptors (Lipinski definition) is 3. The molecule has 1 aliphatic carbocycles. The van der Waals surface area contributed by atoms with Crippen LogP contribution in [0, 0.1) is 5.92 Å². The Morgan fingerprint density at radius 3 is 2.89 bits per heavy atom. The van der Waals surface area contributed by atoms with Crippen molar-refractivity contribution in [1.82, 2.24) is 4.90 Å². The first-order valence-corrected chi connectivity index (χ1v) is 6.93. The number of carbonyl (C=O) groups is 1. The number of anilines is 1. The number of nitrogens with two attached hydrogens (primary N) is 1. The maximum atomic E-state index is 12.0. The summed E-state index contributed by atoms with van der Waals surface area (Å²) in [7, 11) is 1.95. The molecule has 19 heavy (non-hydrogen) atoms. The highest BCUT2D eigenvalue weighted by Crippen LogP contribution is 2.34. The molecule has 0 aromatic heterocycles. The van der Waals surface area contributed by atoms with Gasteiger partial charge in [-0.2, -0.15) is 0 Å². The van der Waals surface area contributed by atoms with E-state index in [-0.39, 0.29) is 5.91 Å². The highest BCUT2D eigenvalue weighted by Gasteiger charge is 2.33. The van der Waals surface area contributed by atoms with Crippen molar-refractivity contribution >= 4 is 23.2 Å². The number of hydrogen-bond donors (Lipinski definition) is 2. The van der Waals surface area contributed by atoms with E-state index in [0.717, 1.165) is 5.69 Å². The van der Waals surface area contributed by atoms with E-state index in [1.165, 1.54) is 12.8 Å². The molecule has 0 spiro atoms. The zero-order valence-electron chi connectivity index (χ0n) is 11.1.